The molecule has 0 saturated carbocycles. The lowest BCUT2D eigenvalue weighted by Crippen LogP contribution is -2.33. The summed E-state index contributed by atoms with van der Waals surface area (Å²) in [5.41, 5.74) is 0.643. The van der Waals surface area contributed by atoms with Crippen molar-refractivity contribution in [3.8, 4) is 5.75 Å². The Morgan fingerprint density at radius 3 is 2.57 bits per heavy atom. The number of likely N-dealkylation sites (N-methyl/N-ethyl adjacent to an activating group) is 1. The predicted molar refractivity (Wildman–Crippen MR) is 79.2 cm³/mol. The second-order valence-electron chi connectivity index (χ2n) is 4.97. The van der Waals surface area contributed by atoms with Gasteiger partial charge < -0.3 is 15.4 Å². The zero-order chi connectivity index (χ0) is 16.0. The number of carbonyl (C=O) groups excluding carboxylic acids is 1. The highest BCUT2D eigenvalue weighted by atomic mass is 16.6. The van der Waals surface area contributed by atoms with E-state index in [1.54, 1.807) is 6.07 Å². The van der Waals surface area contributed by atoms with Gasteiger partial charge in [-0.1, -0.05) is 19.9 Å². The van der Waals surface area contributed by atoms with E-state index in [0.29, 0.717) is 6.54 Å². The zero-order valence-electron chi connectivity index (χ0n) is 12.7. The van der Waals surface area contributed by atoms with Gasteiger partial charge in [-0.3, -0.25) is 14.9 Å². The highest BCUT2D eigenvalue weighted by Crippen LogP contribution is 2.29. The second kappa shape index (κ2) is 7.58. The van der Waals surface area contributed by atoms with Gasteiger partial charge >= 0.3 is 5.69 Å². The molecule has 0 aliphatic heterocycles. The molecule has 0 bridgehead atoms. The van der Waals surface area contributed by atoms with Gasteiger partial charge in [0.25, 0.3) is 5.91 Å². The van der Waals surface area contributed by atoms with Gasteiger partial charge in [-0.25, -0.2) is 0 Å². The number of amides is 1. The van der Waals surface area contributed by atoms with E-state index >= 15 is 0 Å². The van der Waals surface area contributed by atoms with Crippen LogP contribution < -0.4 is 15.4 Å². The minimum absolute atomic E-state index is 0.0874. The number of nitrogens with zero attached hydrogens (tertiary/aromatic N) is 1. The van der Waals surface area contributed by atoms with Crippen molar-refractivity contribution >= 4 is 11.6 Å². The Hall–Kier alpha value is -2.15. The SMILES string of the molecule is CNC(=O)C(C)Oc1ccc(CNC(C)C)cc1[N+](=O)[O-]. The Morgan fingerprint density at radius 2 is 2.05 bits per heavy atom. The largest absolute Gasteiger partial charge is 0.474 e. The lowest BCUT2D eigenvalue weighted by atomic mass is 10.1. The van der Waals surface area contributed by atoms with Gasteiger partial charge in [-0.2, -0.15) is 0 Å². The molecular formula is C14H21N3O4. The van der Waals surface area contributed by atoms with E-state index < -0.39 is 11.0 Å². The quantitative estimate of drug-likeness (QED) is 0.588. The minimum Gasteiger partial charge on any atom is -0.474 e. The lowest BCUT2D eigenvalue weighted by molar-refractivity contribution is -0.386. The molecule has 1 aromatic rings. The van der Waals surface area contributed by atoms with Crippen LogP contribution in [0.25, 0.3) is 0 Å². The van der Waals surface area contributed by atoms with E-state index in [-0.39, 0.29) is 23.4 Å². The first kappa shape index (κ1) is 16.9. The van der Waals surface area contributed by atoms with Crippen molar-refractivity contribution in [3.63, 3.8) is 0 Å². The number of ether oxygens (including phenoxy) is 1. The monoisotopic (exact) mass is 295 g/mol. The van der Waals surface area contributed by atoms with E-state index in [1.807, 2.05) is 13.8 Å². The molecule has 21 heavy (non-hydrogen) atoms. The average Bonchev–Trinajstić information content (AvgIpc) is 2.44. The van der Waals surface area contributed by atoms with Crippen LogP contribution >= 0.6 is 0 Å². The topological polar surface area (TPSA) is 93.5 Å². The van der Waals surface area contributed by atoms with Gasteiger partial charge in [0.2, 0.25) is 0 Å². The number of rotatable bonds is 7. The maximum Gasteiger partial charge on any atom is 0.311 e. The van der Waals surface area contributed by atoms with Crippen LogP contribution in [0.3, 0.4) is 0 Å². The summed E-state index contributed by atoms with van der Waals surface area (Å²) in [6.45, 7) is 6.06. The molecule has 7 nitrogen and oxygen atoms in total. The second-order valence-corrected chi connectivity index (χ2v) is 4.97. The number of nitro benzene ring substituents is 1. The molecule has 0 saturated heterocycles. The van der Waals surface area contributed by atoms with E-state index in [0.717, 1.165) is 5.56 Å². The molecule has 7 heteroatoms. The predicted octanol–water partition coefficient (Wildman–Crippen LogP) is 1.61. The minimum atomic E-state index is -0.798. The normalized spacial score (nSPS) is 12.0. The van der Waals surface area contributed by atoms with Gasteiger partial charge in [0.15, 0.2) is 11.9 Å². The molecule has 0 spiro atoms. The summed E-state index contributed by atoms with van der Waals surface area (Å²) in [7, 11) is 1.48. The molecule has 0 aliphatic rings. The Bertz CT molecular complexity index is 517. The van der Waals surface area contributed by atoms with Crippen LogP contribution in [-0.2, 0) is 11.3 Å². The Morgan fingerprint density at radius 1 is 1.38 bits per heavy atom. The Labute approximate surface area is 123 Å². The Kier molecular flexibility index (Phi) is 6.10. The van der Waals surface area contributed by atoms with Crippen molar-refractivity contribution in [2.24, 2.45) is 0 Å². The maximum atomic E-state index is 11.4. The summed E-state index contributed by atoms with van der Waals surface area (Å²) in [4.78, 5) is 22.1. The number of hydrogen-bond donors (Lipinski definition) is 2. The van der Waals surface area contributed by atoms with Crippen molar-refractivity contribution in [2.75, 3.05) is 7.05 Å². The third-order valence-electron chi connectivity index (χ3n) is 2.85. The first-order valence-corrected chi connectivity index (χ1v) is 6.74. The first-order valence-electron chi connectivity index (χ1n) is 6.74. The van der Waals surface area contributed by atoms with Crippen molar-refractivity contribution in [1.82, 2.24) is 10.6 Å². The fourth-order valence-electron chi connectivity index (χ4n) is 1.68. The molecular weight excluding hydrogens is 274 g/mol. The molecule has 116 valence electrons. The smallest absolute Gasteiger partial charge is 0.311 e. The third-order valence-corrected chi connectivity index (χ3v) is 2.85. The van der Waals surface area contributed by atoms with Crippen LogP contribution in [-0.4, -0.2) is 30.0 Å². The van der Waals surface area contributed by atoms with E-state index in [4.69, 9.17) is 4.74 Å². The van der Waals surface area contributed by atoms with Crippen LogP contribution in [0.1, 0.15) is 26.3 Å². The van der Waals surface area contributed by atoms with Gasteiger partial charge in [0.1, 0.15) is 0 Å². The van der Waals surface area contributed by atoms with Crippen LogP contribution in [0.5, 0.6) is 5.75 Å². The molecule has 1 atom stereocenters. The van der Waals surface area contributed by atoms with Crippen LogP contribution in [0.15, 0.2) is 18.2 Å². The fraction of sp³-hybridized carbons (Fsp3) is 0.500. The van der Waals surface area contributed by atoms with Crippen molar-refractivity contribution < 1.29 is 14.5 Å². The molecule has 0 radical (unpaired) electrons. The van der Waals surface area contributed by atoms with Gasteiger partial charge in [-0.15, -0.1) is 0 Å². The molecule has 1 amide bonds. The third kappa shape index (κ3) is 5.03. The van der Waals surface area contributed by atoms with E-state index in [9.17, 15) is 14.9 Å². The van der Waals surface area contributed by atoms with Crippen molar-refractivity contribution in [1.29, 1.82) is 0 Å². The highest BCUT2D eigenvalue weighted by molar-refractivity contribution is 5.80. The van der Waals surface area contributed by atoms with E-state index in [2.05, 4.69) is 10.6 Å². The van der Waals surface area contributed by atoms with Gasteiger partial charge in [0, 0.05) is 25.7 Å². The number of carbonyl (C=O) groups is 1. The molecule has 0 fully saturated rings. The molecule has 0 aliphatic carbocycles. The van der Waals surface area contributed by atoms with Crippen LogP contribution in [0.4, 0.5) is 5.69 Å². The summed E-state index contributed by atoms with van der Waals surface area (Å²) < 4.78 is 5.37. The summed E-state index contributed by atoms with van der Waals surface area (Å²) in [6, 6.07) is 5.01. The zero-order valence-corrected chi connectivity index (χ0v) is 12.7. The first-order chi connectivity index (χ1) is 9.85. The number of nitrogens with one attached hydrogen (secondary N) is 2. The van der Waals surface area contributed by atoms with Crippen LogP contribution in [0.2, 0.25) is 0 Å². The molecule has 2 N–H and O–H groups in total. The fourth-order valence-corrected chi connectivity index (χ4v) is 1.68. The number of hydrogen-bond acceptors (Lipinski definition) is 5. The molecule has 1 aromatic carbocycles. The summed E-state index contributed by atoms with van der Waals surface area (Å²) in [5, 5.41) is 16.8. The maximum absolute atomic E-state index is 11.4. The molecule has 0 aromatic heterocycles. The lowest BCUT2D eigenvalue weighted by Gasteiger charge is -2.14. The average molecular weight is 295 g/mol. The Balaban J connectivity index is 2.94. The standard InChI is InChI=1S/C14H21N3O4/c1-9(2)16-8-11-5-6-13(12(7-11)17(19)20)21-10(3)14(18)15-4/h5-7,9-10,16H,8H2,1-4H3,(H,15,18). The highest BCUT2D eigenvalue weighted by Gasteiger charge is 2.21. The number of nitro groups is 1. The van der Waals surface area contributed by atoms with Gasteiger partial charge in [-0.05, 0) is 18.6 Å². The summed E-state index contributed by atoms with van der Waals surface area (Å²) in [6.07, 6.45) is -0.798. The van der Waals surface area contributed by atoms with Gasteiger partial charge in [0.05, 0.1) is 4.92 Å². The van der Waals surface area contributed by atoms with Crippen molar-refractivity contribution in [3.05, 3.63) is 33.9 Å². The van der Waals surface area contributed by atoms with E-state index in [1.165, 1.54) is 26.1 Å². The summed E-state index contributed by atoms with van der Waals surface area (Å²) >= 11 is 0. The molecule has 1 rings (SSSR count). The molecule has 0 heterocycles. The summed E-state index contributed by atoms with van der Waals surface area (Å²) in [5.74, 6) is -0.251. The van der Waals surface area contributed by atoms with Crippen molar-refractivity contribution in [2.45, 2.75) is 39.5 Å². The number of benzene rings is 1. The molecule has 1 unspecified atom stereocenters. The van der Waals surface area contributed by atoms with Crippen LogP contribution in [0, 0.1) is 10.1 Å².